The molecule has 216 valence electrons. The summed E-state index contributed by atoms with van der Waals surface area (Å²) >= 11 is 0. The first-order valence-corrected chi connectivity index (χ1v) is 16.4. The van der Waals surface area contributed by atoms with Crippen LogP contribution >= 0.6 is 0 Å². The van der Waals surface area contributed by atoms with E-state index in [1.807, 2.05) is 45.0 Å². The van der Waals surface area contributed by atoms with Crippen LogP contribution in [-0.4, -0.2) is 34.3 Å². The van der Waals surface area contributed by atoms with Crippen molar-refractivity contribution < 1.29 is 23.5 Å². The molecule has 2 aromatic rings. The minimum atomic E-state index is -2.36. The van der Waals surface area contributed by atoms with Crippen molar-refractivity contribution in [2.45, 2.75) is 97.9 Å². The largest absolute Gasteiger partial charge is 0.496 e. The molecule has 5 nitrogen and oxygen atoms in total. The van der Waals surface area contributed by atoms with E-state index < -0.39 is 19.8 Å². The van der Waals surface area contributed by atoms with E-state index in [1.165, 1.54) is 5.56 Å². The minimum Gasteiger partial charge on any atom is -0.496 e. The molecule has 2 aromatic carbocycles. The molecule has 0 saturated heterocycles. The molecule has 6 heteroatoms. The highest BCUT2D eigenvalue weighted by molar-refractivity contribution is 6.77. The van der Waals surface area contributed by atoms with Crippen LogP contribution in [0.15, 0.2) is 48.5 Å². The van der Waals surface area contributed by atoms with Crippen molar-refractivity contribution in [1.29, 1.82) is 0 Å². The molecule has 0 N–H and O–H groups in total. The molecule has 2 rings (SSSR count). The lowest BCUT2D eigenvalue weighted by atomic mass is 9.92. The Morgan fingerprint density at radius 3 is 2.00 bits per heavy atom. The van der Waals surface area contributed by atoms with Crippen LogP contribution in [0.2, 0.25) is 16.6 Å². The number of methoxy groups -OCH3 is 1. The number of esters is 1. The first kappa shape index (κ1) is 32.8. The van der Waals surface area contributed by atoms with Gasteiger partial charge in [-0.2, -0.15) is 0 Å². The van der Waals surface area contributed by atoms with Crippen LogP contribution < -0.4 is 4.74 Å². The smallest absolute Gasteiger partial charge is 0.311 e. The van der Waals surface area contributed by atoms with Crippen LogP contribution in [0.25, 0.3) is 0 Å². The fourth-order valence-electron chi connectivity index (χ4n) is 5.77. The Kier molecular flexibility index (Phi) is 12.0. The summed E-state index contributed by atoms with van der Waals surface area (Å²) in [5.41, 5.74) is 3.67. The van der Waals surface area contributed by atoms with Crippen molar-refractivity contribution in [3.8, 4) is 5.75 Å². The molecule has 0 amide bonds. The zero-order valence-corrected chi connectivity index (χ0v) is 26.7. The number of carbonyl (C=O) groups is 2. The van der Waals surface area contributed by atoms with Gasteiger partial charge >= 0.3 is 5.97 Å². The van der Waals surface area contributed by atoms with Crippen LogP contribution in [0.3, 0.4) is 0 Å². The fourth-order valence-corrected chi connectivity index (χ4v) is 11.4. The van der Waals surface area contributed by atoms with E-state index in [-0.39, 0.29) is 24.9 Å². The molecule has 0 aliphatic rings. The van der Waals surface area contributed by atoms with Gasteiger partial charge in [0.1, 0.15) is 12.0 Å². The number of benzene rings is 2. The van der Waals surface area contributed by atoms with Crippen molar-refractivity contribution >= 4 is 20.6 Å². The number of carbonyl (C=O) groups excluding carboxylic acids is 2. The van der Waals surface area contributed by atoms with Gasteiger partial charge < -0.3 is 18.7 Å². The molecule has 0 radical (unpaired) electrons. The number of aldehydes is 1. The molecule has 0 spiro atoms. The molecular formula is C33H50O5Si. The maximum absolute atomic E-state index is 12.7. The van der Waals surface area contributed by atoms with Crippen molar-refractivity contribution in [2.24, 2.45) is 11.3 Å². The lowest BCUT2D eigenvalue weighted by Gasteiger charge is -2.46. The van der Waals surface area contributed by atoms with Crippen LogP contribution in [0.1, 0.15) is 91.5 Å². The number of rotatable bonds is 14. The maximum atomic E-state index is 12.7. The van der Waals surface area contributed by atoms with Gasteiger partial charge in [-0.3, -0.25) is 4.79 Å². The highest BCUT2D eigenvalue weighted by Gasteiger charge is 2.48. The summed E-state index contributed by atoms with van der Waals surface area (Å²) in [5, 5.41) is 0. The fraction of sp³-hybridized carbons (Fsp3) is 0.576. The zero-order valence-electron chi connectivity index (χ0n) is 25.7. The lowest BCUT2D eigenvalue weighted by Crippen LogP contribution is -2.49. The third kappa shape index (κ3) is 8.28. The summed E-state index contributed by atoms with van der Waals surface area (Å²) in [6.07, 6.45) is 1.48. The van der Waals surface area contributed by atoms with E-state index in [0.717, 1.165) is 29.6 Å². The number of hydrogen-bond acceptors (Lipinski definition) is 5. The minimum absolute atomic E-state index is 0.117. The maximum Gasteiger partial charge on any atom is 0.311 e. The van der Waals surface area contributed by atoms with Gasteiger partial charge in [-0.05, 0) is 60.2 Å². The normalized spacial score (nSPS) is 14.0. The Morgan fingerprint density at radius 1 is 0.923 bits per heavy atom. The topological polar surface area (TPSA) is 61.8 Å². The Hall–Kier alpha value is -2.44. The molecule has 0 fully saturated rings. The van der Waals surface area contributed by atoms with Crippen LogP contribution in [0.4, 0.5) is 0 Å². The van der Waals surface area contributed by atoms with Gasteiger partial charge in [-0.15, -0.1) is 0 Å². The van der Waals surface area contributed by atoms with Gasteiger partial charge in [0.05, 0.1) is 25.2 Å². The first-order valence-electron chi connectivity index (χ1n) is 14.3. The summed E-state index contributed by atoms with van der Waals surface area (Å²) in [6.45, 7) is 19.1. The van der Waals surface area contributed by atoms with Crippen molar-refractivity contribution in [2.75, 3.05) is 13.7 Å². The summed E-state index contributed by atoms with van der Waals surface area (Å²) in [4.78, 5) is 24.6. The average molecular weight is 555 g/mol. The van der Waals surface area contributed by atoms with Gasteiger partial charge in [0.25, 0.3) is 0 Å². The molecule has 39 heavy (non-hydrogen) atoms. The van der Waals surface area contributed by atoms with Crippen LogP contribution in [-0.2, 0) is 25.2 Å². The predicted molar refractivity (Wildman–Crippen MR) is 162 cm³/mol. The molecule has 0 aliphatic carbocycles. The van der Waals surface area contributed by atoms with E-state index >= 15 is 0 Å². The van der Waals surface area contributed by atoms with E-state index in [2.05, 4.69) is 65.8 Å². The second kappa shape index (κ2) is 14.3. The summed E-state index contributed by atoms with van der Waals surface area (Å²) in [6, 6.07) is 16.5. The van der Waals surface area contributed by atoms with Crippen molar-refractivity contribution in [3.05, 3.63) is 65.2 Å². The number of hydrogen-bond donors (Lipinski definition) is 0. The van der Waals surface area contributed by atoms with Crippen LogP contribution in [0, 0.1) is 11.3 Å². The van der Waals surface area contributed by atoms with E-state index in [0.29, 0.717) is 16.6 Å². The van der Waals surface area contributed by atoms with E-state index in [1.54, 1.807) is 7.11 Å². The van der Waals surface area contributed by atoms with Gasteiger partial charge in [0, 0.05) is 18.8 Å². The molecular weight excluding hydrogens is 504 g/mol. The first-order chi connectivity index (χ1) is 18.3. The highest BCUT2D eigenvalue weighted by Crippen LogP contribution is 2.47. The van der Waals surface area contributed by atoms with E-state index in [9.17, 15) is 9.59 Å². The van der Waals surface area contributed by atoms with Crippen LogP contribution in [0.5, 0.6) is 5.75 Å². The van der Waals surface area contributed by atoms with Gasteiger partial charge in [-0.1, -0.05) is 84.0 Å². The summed E-state index contributed by atoms with van der Waals surface area (Å²) in [5.74, 6) is 0.182. The van der Waals surface area contributed by atoms with Gasteiger partial charge in [0.2, 0.25) is 8.32 Å². The van der Waals surface area contributed by atoms with Crippen molar-refractivity contribution in [1.82, 2.24) is 0 Å². The highest BCUT2D eigenvalue weighted by atomic mass is 28.4. The molecule has 0 bridgehead atoms. The van der Waals surface area contributed by atoms with Crippen molar-refractivity contribution in [3.63, 3.8) is 0 Å². The van der Waals surface area contributed by atoms with E-state index in [4.69, 9.17) is 13.9 Å². The Balaban J connectivity index is 2.61. The van der Waals surface area contributed by atoms with Gasteiger partial charge in [0.15, 0.2) is 0 Å². The second-order valence-corrected chi connectivity index (χ2v) is 18.0. The Labute approximate surface area is 237 Å². The number of ether oxygens (including phenoxy) is 2. The molecule has 0 aliphatic heterocycles. The SMILES string of the molecule is COc1cc([C@@H](O[Si](C(C)C)(C(C)C)C(C)C)[C@@H](CC=O)COC(=O)C(C)(C)C)ccc1Cc1ccccc1. The lowest BCUT2D eigenvalue weighted by molar-refractivity contribution is -0.155. The monoisotopic (exact) mass is 554 g/mol. The molecule has 0 heterocycles. The molecule has 0 unspecified atom stereocenters. The average Bonchev–Trinajstić information content (AvgIpc) is 2.87. The molecule has 2 atom stereocenters. The summed E-state index contributed by atoms with van der Waals surface area (Å²) < 4.78 is 19.0. The standard InChI is InChI=1S/C33H50O5Si/c1-23(2)39(24(3)4,25(5)6)38-31(29(18-19-34)22-37-32(35)33(7,8)9)28-17-16-27(30(21-28)36-10)20-26-14-12-11-13-15-26/h11-17,19,21,23-25,29,31H,18,20,22H2,1-10H3/t29-,31+/m0/s1. The third-order valence-corrected chi connectivity index (χ3v) is 13.9. The molecule has 0 saturated carbocycles. The zero-order chi connectivity index (χ0) is 29.4. The predicted octanol–water partition coefficient (Wildman–Crippen LogP) is 8.31. The summed E-state index contributed by atoms with van der Waals surface area (Å²) in [7, 11) is -0.670. The third-order valence-electron chi connectivity index (χ3n) is 7.78. The quantitative estimate of drug-likeness (QED) is 0.133. The molecule has 0 aromatic heterocycles. The van der Waals surface area contributed by atoms with Gasteiger partial charge in [-0.25, -0.2) is 0 Å². The Morgan fingerprint density at radius 2 is 1.51 bits per heavy atom. The second-order valence-electron chi connectivity index (χ2n) is 12.6. The Bertz CT molecular complexity index is 1030.